The van der Waals surface area contributed by atoms with Gasteiger partial charge in [-0.1, -0.05) is 35.0 Å². The molecule has 6 nitrogen and oxygen atoms in total. The quantitative estimate of drug-likeness (QED) is 0.480. The molecule has 0 radical (unpaired) electrons. The first-order valence-corrected chi connectivity index (χ1v) is 10.1. The van der Waals surface area contributed by atoms with Crippen molar-refractivity contribution in [2.24, 2.45) is 0 Å². The van der Waals surface area contributed by atoms with Gasteiger partial charge in [-0.25, -0.2) is 0 Å². The molecule has 1 atom stereocenters. The van der Waals surface area contributed by atoms with Crippen LogP contribution < -0.4 is 9.47 Å². The van der Waals surface area contributed by atoms with Crippen molar-refractivity contribution in [1.29, 1.82) is 0 Å². The second kappa shape index (κ2) is 10.3. The van der Waals surface area contributed by atoms with E-state index in [2.05, 4.69) is 10.3 Å². The number of nitrogens with zero attached hydrogens (tertiary/aromatic N) is 3. The van der Waals surface area contributed by atoms with E-state index in [9.17, 15) is 0 Å². The fourth-order valence-electron chi connectivity index (χ4n) is 3.09. The molecule has 1 heterocycles. The molecule has 0 bridgehead atoms. The van der Waals surface area contributed by atoms with E-state index in [-0.39, 0.29) is 6.10 Å². The van der Waals surface area contributed by atoms with E-state index in [0.717, 1.165) is 34.7 Å². The number of aromatic nitrogens is 3. The van der Waals surface area contributed by atoms with Gasteiger partial charge in [0.1, 0.15) is 11.8 Å². The summed E-state index contributed by atoms with van der Waals surface area (Å²) in [4.78, 5) is 0. The Morgan fingerprint density at radius 3 is 2.52 bits per heavy atom. The molecule has 154 valence electrons. The molecular formula is C22H26ClN3O3. The fraction of sp³-hybridized carbons (Fsp3) is 0.364. The summed E-state index contributed by atoms with van der Waals surface area (Å²) >= 11 is 6.00. The average molecular weight is 416 g/mol. The van der Waals surface area contributed by atoms with E-state index in [1.54, 1.807) is 7.11 Å². The van der Waals surface area contributed by atoms with Gasteiger partial charge < -0.3 is 14.2 Å². The van der Waals surface area contributed by atoms with Crippen molar-refractivity contribution in [3.8, 4) is 11.5 Å². The van der Waals surface area contributed by atoms with E-state index in [1.165, 1.54) is 0 Å². The molecule has 0 amide bonds. The molecule has 0 aliphatic rings. The van der Waals surface area contributed by atoms with Crippen LogP contribution >= 0.6 is 11.6 Å². The fourth-order valence-corrected chi connectivity index (χ4v) is 3.21. The molecule has 0 saturated carbocycles. The van der Waals surface area contributed by atoms with Crippen molar-refractivity contribution >= 4 is 11.6 Å². The number of aryl methyl sites for hydroxylation is 2. The maximum Gasteiger partial charge on any atom is 0.161 e. The standard InChI is InChI=1S/C22H26ClN3O3/c1-4-28-21-14-16(6-11-20(21)27-3)12-13-26-15-19(24-25-26)22(29-5-2)17-7-9-18(23)10-8-17/h6-11,14-15,22H,4-5,12-13H2,1-3H3. The van der Waals surface area contributed by atoms with Crippen LogP contribution in [0.15, 0.2) is 48.7 Å². The highest BCUT2D eigenvalue weighted by Crippen LogP contribution is 2.29. The molecule has 1 aromatic heterocycles. The van der Waals surface area contributed by atoms with Gasteiger partial charge >= 0.3 is 0 Å². The van der Waals surface area contributed by atoms with Crippen LogP contribution in [-0.2, 0) is 17.7 Å². The van der Waals surface area contributed by atoms with Crippen LogP contribution in [0.25, 0.3) is 0 Å². The van der Waals surface area contributed by atoms with Crippen LogP contribution in [0, 0.1) is 0 Å². The minimum Gasteiger partial charge on any atom is -0.493 e. The summed E-state index contributed by atoms with van der Waals surface area (Å²) in [6, 6.07) is 13.6. The van der Waals surface area contributed by atoms with Gasteiger partial charge in [0.15, 0.2) is 11.5 Å². The lowest BCUT2D eigenvalue weighted by Gasteiger charge is -2.14. The van der Waals surface area contributed by atoms with E-state index in [4.69, 9.17) is 25.8 Å². The van der Waals surface area contributed by atoms with Crippen molar-refractivity contribution in [2.45, 2.75) is 32.9 Å². The number of hydrogen-bond acceptors (Lipinski definition) is 5. The number of rotatable bonds is 10. The monoisotopic (exact) mass is 415 g/mol. The SMILES string of the molecule is CCOc1cc(CCn2cc(C(OCC)c3ccc(Cl)cc3)nn2)ccc1OC. The van der Waals surface area contributed by atoms with Gasteiger partial charge in [0.2, 0.25) is 0 Å². The predicted molar refractivity (Wildman–Crippen MR) is 113 cm³/mol. The average Bonchev–Trinajstić information content (AvgIpc) is 3.20. The lowest BCUT2D eigenvalue weighted by Crippen LogP contribution is -2.07. The zero-order valence-electron chi connectivity index (χ0n) is 17.0. The molecule has 0 aliphatic heterocycles. The molecule has 0 N–H and O–H groups in total. The molecule has 2 aromatic carbocycles. The molecule has 3 aromatic rings. The van der Waals surface area contributed by atoms with Gasteiger partial charge in [-0.2, -0.15) is 0 Å². The zero-order chi connectivity index (χ0) is 20.6. The Hall–Kier alpha value is -2.57. The van der Waals surface area contributed by atoms with Gasteiger partial charge in [-0.05, 0) is 55.7 Å². The molecule has 7 heteroatoms. The summed E-state index contributed by atoms with van der Waals surface area (Å²) in [5.41, 5.74) is 2.92. The maximum absolute atomic E-state index is 6.00. The third-order valence-corrected chi connectivity index (χ3v) is 4.74. The maximum atomic E-state index is 6.00. The van der Waals surface area contributed by atoms with Crippen molar-refractivity contribution in [1.82, 2.24) is 15.0 Å². The number of benzene rings is 2. The largest absolute Gasteiger partial charge is 0.493 e. The van der Waals surface area contributed by atoms with Crippen LogP contribution in [0.3, 0.4) is 0 Å². The summed E-state index contributed by atoms with van der Waals surface area (Å²) in [5, 5.41) is 9.30. The molecule has 3 rings (SSSR count). The summed E-state index contributed by atoms with van der Waals surface area (Å²) in [5.74, 6) is 1.49. The third-order valence-electron chi connectivity index (χ3n) is 4.49. The topological polar surface area (TPSA) is 58.4 Å². The minimum absolute atomic E-state index is 0.267. The van der Waals surface area contributed by atoms with Gasteiger partial charge in [-0.15, -0.1) is 5.10 Å². The molecule has 0 saturated heterocycles. The second-order valence-electron chi connectivity index (χ2n) is 6.46. The van der Waals surface area contributed by atoms with Crippen LogP contribution in [-0.4, -0.2) is 35.3 Å². The van der Waals surface area contributed by atoms with Crippen molar-refractivity contribution in [3.05, 3.63) is 70.5 Å². The van der Waals surface area contributed by atoms with E-state index >= 15 is 0 Å². The summed E-state index contributed by atoms with van der Waals surface area (Å²) < 4.78 is 18.7. The van der Waals surface area contributed by atoms with Crippen LogP contribution in [0.1, 0.15) is 36.8 Å². The smallest absolute Gasteiger partial charge is 0.161 e. The highest BCUT2D eigenvalue weighted by molar-refractivity contribution is 6.30. The molecule has 0 fully saturated rings. The Kier molecular flexibility index (Phi) is 7.49. The van der Waals surface area contributed by atoms with E-state index < -0.39 is 0 Å². The number of ether oxygens (including phenoxy) is 3. The highest BCUT2D eigenvalue weighted by atomic mass is 35.5. The Balaban J connectivity index is 1.70. The van der Waals surface area contributed by atoms with E-state index in [0.29, 0.717) is 24.8 Å². The van der Waals surface area contributed by atoms with Crippen molar-refractivity contribution < 1.29 is 14.2 Å². The first-order valence-electron chi connectivity index (χ1n) is 9.71. The lowest BCUT2D eigenvalue weighted by atomic mass is 10.1. The van der Waals surface area contributed by atoms with Gasteiger partial charge in [0.25, 0.3) is 0 Å². The summed E-state index contributed by atoms with van der Waals surface area (Å²) in [7, 11) is 1.64. The predicted octanol–water partition coefficient (Wildman–Crippen LogP) is 4.71. The van der Waals surface area contributed by atoms with Crippen LogP contribution in [0.5, 0.6) is 11.5 Å². The molecule has 0 aliphatic carbocycles. The van der Waals surface area contributed by atoms with Gasteiger partial charge in [0.05, 0.1) is 19.9 Å². The highest BCUT2D eigenvalue weighted by Gasteiger charge is 2.18. The first kappa shape index (κ1) is 21.1. The second-order valence-corrected chi connectivity index (χ2v) is 6.90. The van der Waals surface area contributed by atoms with E-state index in [1.807, 2.05) is 67.2 Å². The van der Waals surface area contributed by atoms with Crippen molar-refractivity contribution in [3.63, 3.8) is 0 Å². The number of halogens is 1. The normalized spacial score (nSPS) is 12.0. The first-order chi connectivity index (χ1) is 14.1. The summed E-state index contributed by atoms with van der Waals surface area (Å²) in [6.07, 6.45) is 2.46. The number of methoxy groups -OCH3 is 1. The minimum atomic E-state index is -0.267. The molecule has 1 unspecified atom stereocenters. The summed E-state index contributed by atoms with van der Waals surface area (Å²) in [6.45, 7) is 5.79. The Bertz CT molecular complexity index is 912. The van der Waals surface area contributed by atoms with Crippen molar-refractivity contribution in [2.75, 3.05) is 20.3 Å². The van der Waals surface area contributed by atoms with Gasteiger partial charge in [0, 0.05) is 18.2 Å². The molecular weight excluding hydrogens is 390 g/mol. The Morgan fingerprint density at radius 2 is 1.83 bits per heavy atom. The lowest BCUT2D eigenvalue weighted by molar-refractivity contribution is 0.0883. The number of hydrogen-bond donors (Lipinski definition) is 0. The van der Waals surface area contributed by atoms with Gasteiger partial charge in [-0.3, -0.25) is 4.68 Å². The molecule has 29 heavy (non-hydrogen) atoms. The Labute approximate surface area is 176 Å². The molecule has 0 spiro atoms. The van der Waals surface area contributed by atoms with Crippen LogP contribution in [0.2, 0.25) is 5.02 Å². The van der Waals surface area contributed by atoms with Crippen LogP contribution in [0.4, 0.5) is 0 Å². The third kappa shape index (κ3) is 5.49. The Morgan fingerprint density at radius 1 is 1.03 bits per heavy atom. The zero-order valence-corrected chi connectivity index (χ0v) is 17.7.